The number of phenolic OH excluding ortho intramolecular Hbond substituents is 1. The predicted molar refractivity (Wildman–Crippen MR) is 395 cm³/mol. The van der Waals surface area contributed by atoms with Gasteiger partial charge in [-0.1, -0.05) is 98.8 Å². The molecule has 2 saturated heterocycles. The van der Waals surface area contributed by atoms with E-state index in [-0.39, 0.29) is 127 Å². The van der Waals surface area contributed by atoms with Crippen LogP contribution < -0.4 is 82.3 Å². The van der Waals surface area contributed by atoms with E-state index in [2.05, 4.69) is 62.8 Å². The molecule has 2 fully saturated rings. The Hall–Kier alpha value is -11.7. The fraction of sp³-hybridized carbons (Fsp3) is 0.419. The van der Waals surface area contributed by atoms with Crippen LogP contribution in [0.15, 0.2) is 131 Å². The van der Waals surface area contributed by atoms with E-state index in [1.54, 1.807) is 44.3 Å². The number of aliphatic imine (C=N–C) groups is 2. The number of guanidine groups is 2. The first-order valence-corrected chi connectivity index (χ1v) is 35.4. The zero-order chi connectivity index (χ0) is 76.6. The molecule has 2 aliphatic rings. The molecule has 0 saturated carbocycles. The highest BCUT2D eigenvalue weighted by atomic mass is 19.1. The van der Waals surface area contributed by atoms with Crippen molar-refractivity contribution >= 4 is 98.6 Å². The molecular formula is C74H96FN19O12. The lowest BCUT2D eigenvalue weighted by molar-refractivity contribution is -0.142. The van der Waals surface area contributed by atoms with E-state index < -0.39 is 138 Å². The summed E-state index contributed by atoms with van der Waals surface area (Å²) < 4.78 is 14.4. The lowest BCUT2D eigenvalue weighted by atomic mass is 9.99. The highest BCUT2D eigenvalue weighted by molar-refractivity contribution is 6.00. The number of aromatic nitrogens is 1. The second kappa shape index (κ2) is 38.7. The molecule has 0 unspecified atom stereocenters. The molecule has 566 valence electrons. The Morgan fingerprint density at radius 2 is 1.21 bits per heavy atom. The Balaban J connectivity index is 1.16. The molecule has 23 N–H and O–H groups in total. The van der Waals surface area contributed by atoms with Gasteiger partial charge in [0.05, 0.1) is 12.5 Å². The number of phenols is 1. The Labute approximate surface area is 611 Å². The molecule has 31 nitrogen and oxygen atoms in total. The number of H-pyrrole nitrogens is 1. The van der Waals surface area contributed by atoms with Crippen molar-refractivity contribution < 1.29 is 62.2 Å². The Morgan fingerprint density at radius 3 is 1.90 bits per heavy atom. The van der Waals surface area contributed by atoms with E-state index in [1.165, 1.54) is 53.4 Å². The number of carbonyl (C=O) groups is 11. The molecule has 5 aromatic carbocycles. The molecule has 0 radical (unpaired) electrons. The minimum Gasteiger partial charge on any atom is -0.508 e. The van der Waals surface area contributed by atoms with Gasteiger partial charge in [0.15, 0.2) is 11.9 Å². The van der Waals surface area contributed by atoms with Gasteiger partial charge in [-0.2, -0.15) is 0 Å². The van der Waals surface area contributed by atoms with Crippen molar-refractivity contribution in [1.82, 2.24) is 57.7 Å². The van der Waals surface area contributed by atoms with Gasteiger partial charge in [-0.15, -0.1) is 0 Å². The van der Waals surface area contributed by atoms with Gasteiger partial charge in [0.1, 0.15) is 65.9 Å². The van der Waals surface area contributed by atoms with E-state index in [0.29, 0.717) is 34.0 Å². The van der Waals surface area contributed by atoms with E-state index in [0.717, 1.165) is 16.3 Å². The Kier molecular flexibility index (Phi) is 29.2. The number of para-hydroxylation sites is 1. The maximum absolute atomic E-state index is 15.5. The maximum atomic E-state index is 15.5. The van der Waals surface area contributed by atoms with Crippen LogP contribution in [-0.2, 0) is 78.4 Å². The lowest BCUT2D eigenvalue weighted by Crippen LogP contribution is -2.61. The summed E-state index contributed by atoms with van der Waals surface area (Å²) >= 11 is 0. The summed E-state index contributed by atoms with van der Waals surface area (Å²) in [6.45, 7) is 3.44. The van der Waals surface area contributed by atoms with Crippen LogP contribution in [0.4, 0.5) is 4.39 Å². The van der Waals surface area contributed by atoms with Crippen molar-refractivity contribution in [2.24, 2.45) is 50.3 Å². The number of fused-ring (bicyclic) bond motifs is 3. The Bertz CT molecular complexity index is 4160. The van der Waals surface area contributed by atoms with E-state index >= 15 is 19.2 Å². The van der Waals surface area contributed by atoms with Gasteiger partial charge in [0, 0.05) is 62.5 Å². The normalized spacial score (nSPS) is 20.5. The number of benzene rings is 5. The van der Waals surface area contributed by atoms with Crippen LogP contribution in [0, 0.1) is 11.7 Å². The second-order valence-corrected chi connectivity index (χ2v) is 27.1. The fourth-order valence-corrected chi connectivity index (χ4v) is 12.8. The van der Waals surface area contributed by atoms with Crippen LogP contribution in [0.2, 0.25) is 0 Å². The number of nitrogens with one attached hydrogen (secondary N) is 10. The molecule has 0 spiro atoms. The number of halogens is 1. The number of primary amides is 1. The first-order valence-electron chi connectivity index (χ1n) is 35.4. The van der Waals surface area contributed by atoms with E-state index in [4.69, 9.17) is 34.4 Å². The van der Waals surface area contributed by atoms with Crippen molar-refractivity contribution in [1.29, 1.82) is 0 Å². The van der Waals surface area contributed by atoms with Crippen LogP contribution in [0.1, 0.15) is 100 Å². The Morgan fingerprint density at radius 1 is 0.613 bits per heavy atom. The van der Waals surface area contributed by atoms with Crippen molar-refractivity contribution in [3.63, 3.8) is 0 Å². The SMILES string of the molecule is CC(C)C[C@@H]1NC(=O)[C@@H](CCCN=C(N)N)NC(=O)[C@H](Cc2ccc(O)cc2)NC(=O)[C@@H](NC(=O)[C@@H](Cc2c[nH]c3ccccc23)NC(=O)[C@@H](Cc2ccc(F)cc2)NC(=O)[C@H](N)Cc2ccc3ccccc3c2)CC(=O)NCCC[C@@H](C(N)=O)NC(=O)[C@@H]2CCCN2C(=O)[C@H](CCCN=C(N)N)NC1=O. The van der Waals surface area contributed by atoms with Gasteiger partial charge in [-0.05, 0) is 133 Å². The summed E-state index contributed by atoms with van der Waals surface area (Å²) in [6.07, 6.45) is 0.276. The molecule has 11 amide bonds. The highest BCUT2D eigenvalue weighted by Gasteiger charge is 2.41. The lowest BCUT2D eigenvalue weighted by Gasteiger charge is -2.31. The largest absolute Gasteiger partial charge is 0.508 e. The van der Waals surface area contributed by atoms with Crippen LogP contribution in [0.3, 0.4) is 0 Å². The summed E-state index contributed by atoms with van der Waals surface area (Å²) in [4.78, 5) is 174. The topological polar surface area (TPSA) is 516 Å². The van der Waals surface area contributed by atoms with Gasteiger partial charge < -0.3 is 97.2 Å². The van der Waals surface area contributed by atoms with Gasteiger partial charge in [-0.3, -0.25) is 62.7 Å². The van der Waals surface area contributed by atoms with E-state index in [1.807, 2.05) is 42.5 Å². The summed E-state index contributed by atoms with van der Waals surface area (Å²) in [7, 11) is 0. The molecule has 3 heterocycles. The molecular weight excluding hydrogens is 1370 g/mol. The molecule has 8 rings (SSSR count). The summed E-state index contributed by atoms with van der Waals surface area (Å²) in [5.74, 6) is -11.3. The summed E-state index contributed by atoms with van der Waals surface area (Å²) in [5, 5.41) is 37.3. The van der Waals surface area contributed by atoms with Crippen LogP contribution >= 0.6 is 0 Å². The molecule has 0 aliphatic carbocycles. The first-order chi connectivity index (χ1) is 50.7. The standard InChI is InChI=1S/C74H96FN19O12/c1-41(2)33-56-66(100)88-55(17-9-31-84-74(80)81)72(106)94-32-10-18-61(94)71(105)86-53(63(77)97)15-7-29-82-62(96)39-60(70(104)91-58(37-43-22-27-49(95)28-23-43)67(101)87-54(65(99)90-56)16-8-30-83-73(78)79)93-69(103)59(38-47-40-85-52-14-6-5-13-50(47)52)92-68(102)57(36-42-20-25-48(75)26-21-42)89-64(98)51(76)35-44-19-24-45-11-3-4-12-46(45)34-44/h3-6,11-14,19-28,34,40-41,51,53-61,85,95H,7-10,15-18,29-33,35-39,76H2,1-2H3,(H2,77,97)(H,82,96)(H,86,105)(H,87,101)(H,88,100)(H,89,98)(H,90,99)(H,91,104)(H,92,102)(H,93,103)(H4,78,79,83)(H4,80,81,84)/t51-,53+,54-,55+,56+,57-,58+,59-,60+,61+/m1/s1. The van der Waals surface area contributed by atoms with Gasteiger partial charge in [0.25, 0.3) is 0 Å². The average molecular weight is 1460 g/mol. The third kappa shape index (κ3) is 23.9. The molecule has 32 heteroatoms. The van der Waals surface area contributed by atoms with Crippen LogP contribution in [-0.4, -0.2) is 178 Å². The zero-order valence-electron chi connectivity index (χ0n) is 59.2. The van der Waals surface area contributed by atoms with Gasteiger partial charge >= 0.3 is 0 Å². The van der Waals surface area contributed by atoms with Crippen LogP contribution in [0.25, 0.3) is 21.7 Å². The molecule has 1 aromatic heterocycles. The smallest absolute Gasteiger partial charge is 0.245 e. The van der Waals surface area contributed by atoms with Crippen molar-refractivity contribution in [2.75, 3.05) is 26.2 Å². The first kappa shape index (κ1) is 80.0. The quantitative estimate of drug-likeness (QED) is 0.0196. The number of rotatable bonds is 25. The number of hydrogen-bond donors (Lipinski definition) is 17. The molecule has 0 bridgehead atoms. The molecule has 10 atom stereocenters. The second-order valence-electron chi connectivity index (χ2n) is 27.1. The van der Waals surface area contributed by atoms with Gasteiger partial charge in [0.2, 0.25) is 65.0 Å². The molecule has 6 aromatic rings. The number of aromatic hydroxyl groups is 1. The zero-order valence-corrected chi connectivity index (χ0v) is 59.2. The molecule has 2 aliphatic heterocycles. The summed E-state index contributed by atoms with van der Waals surface area (Å²) in [5.41, 5.74) is 37.6. The number of nitrogens with zero attached hydrogens (tertiary/aromatic N) is 3. The summed E-state index contributed by atoms with van der Waals surface area (Å²) in [6, 6.07) is 16.5. The van der Waals surface area contributed by atoms with Crippen molar-refractivity contribution in [3.8, 4) is 5.75 Å². The highest BCUT2D eigenvalue weighted by Crippen LogP contribution is 2.24. The number of carbonyl (C=O) groups excluding carboxylic acids is 11. The molecule has 106 heavy (non-hydrogen) atoms. The number of nitrogens with two attached hydrogens (primary N) is 6. The van der Waals surface area contributed by atoms with E-state index in [9.17, 15) is 43.1 Å². The third-order valence-corrected chi connectivity index (χ3v) is 18.3. The number of hydrogen-bond acceptors (Lipinski definition) is 15. The van der Waals surface area contributed by atoms with Gasteiger partial charge in [-0.25, -0.2) is 4.39 Å². The predicted octanol–water partition coefficient (Wildman–Crippen LogP) is -0.428. The minimum absolute atomic E-state index is 0.00783. The van der Waals surface area contributed by atoms with Crippen LogP contribution in [0.5, 0.6) is 5.75 Å². The maximum Gasteiger partial charge on any atom is 0.245 e. The average Bonchev–Trinajstić information content (AvgIpc) is 1.66. The number of amides is 11. The third-order valence-electron chi connectivity index (χ3n) is 18.3. The van der Waals surface area contributed by atoms with Crippen molar-refractivity contribution in [2.45, 2.75) is 164 Å². The fourth-order valence-electron chi connectivity index (χ4n) is 12.8. The number of aromatic amines is 1. The minimum atomic E-state index is -1.92. The monoisotopic (exact) mass is 1460 g/mol. The van der Waals surface area contributed by atoms with Crippen molar-refractivity contribution in [3.05, 3.63) is 150 Å².